The molecule has 0 unspecified atom stereocenters. The molecule has 11 heteroatoms. The quantitative estimate of drug-likeness (QED) is 0.450. The molecule has 0 spiro atoms. The summed E-state index contributed by atoms with van der Waals surface area (Å²) in [6, 6.07) is 0. The maximum atomic E-state index is 11.4. The van der Waals surface area contributed by atoms with E-state index in [1.165, 1.54) is 78.7 Å². The third-order valence-electron chi connectivity index (χ3n) is 3.84. The predicted octanol–water partition coefficient (Wildman–Crippen LogP) is 4.22. The van der Waals surface area contributed by atoms with Gasteiger partial charge in [0.25, 0.3) is 0 Å². The number of anilines is 1. The average molecular weight is 476 g/mol. The topological polar surface area (TPSA) is 96.3 Å². The standard InChI is InChI=1S/C11H17N3OS2.C7H12N2OS2/c1-16-7-9(15)12-11-14-13-10(17-11)8-5-3-2-4-6-8;1-4-12-7(8-2)9-6(10)5-11-3/h8H,2-7H2,1H3,(H,12,14,15);4H,1,5H2,2-3H3,(H,8,9,10). The molecule has 1 aromatic heterocycles. The molecule has 0 radical (unpaired) electrons. The monoisotopic (exact) mass is 475 g/mol. The van der Waals surface area contributed by atoms with E-state index in [0.717, 1.165) is 5.01 Å². The maximum Gasteiger partial charge on any atom is 0.236 e. The number of amides is 2. The molecule has 0 bridgehead atoms. The van der Waals surface area contributed by atoms with Gasteiger partial charge in [0.15, 0.2) is 5.17 Å². The molecule has 0 aliphatic heterocycles. The fraction of sp³-hybridized carbons (Fsp3) is 0.611. The molecule has 1 aromatic rings. The van der Waals surface area contributed by atoms with Crippen LogP contribution in [0.15, 0.2) is 17.0 Å². The first-order valence-electron chi connectivity index (χ1n) is 9.19. The molecule has 1 aliphatic rings. The number of nitrogens with zero attached hydrogens (tertiary/aromatic N) is 3. The van der Waals surface area contributed by atoms with Gasteiger partial charge in [-0.3, -0.25) is 19.9 Å². The van der Waals surface area contributed by atoms with Gasteiger partial charge in [-0.15, -0.1) is 10.2 Å². The molecule has 0 atom stereocenters. The molecule has 1 saturated carbocycles. The highest BCUT2D eigenvalue weighted by Gasteiger charge is 2.20. The highest BCUT2D eigenvalue weighted by atomic mass is 32.2. The highest BCUT2D eigenvalue weighted by Crippen LogP contribution is 2.35. The molecule has 29 heavy (non-hydrogen) atoms. The number of rotatable bonds is 7. The second kappa shape index (κ2) is 15.8. The van der Waals surface area contributed by atoms with Crippen LogP contribution in [0, 0.1) is 0 Å². The minimum Gasteiger partial charge on any atom is -0.304 e. The van der Waals surface area contributed by atoms with E-state index in [1.807, 2.05) is 12.5 Å². The van der Waals surface area contributed by atoms with Crippen LogP contribution in [0.5, 0.6) is 0 Å². The Hall–Kier alpha value is -1.04. The van der Waals surface area contributed by atoms with E-state index in [9.17, 15) is 9.59 Å². The Kier molecular flexibility index (Phi) is 14.1. The second-order valence-corrected chi connectivity index (χ2v) is 9.75. The molecule has 1 fully saturated rings. The zero-order valence-electron chi connectivity index (χ0n) is 17.1. The van der Waals surface area contributed by atoms with E-state index in [0.29, 0.717) is 27.7 Å². The van der Waals surface area contributed by atoms with Gasteiger partial charge in [-0.25, -0.2) is 0 Å². The number of thioether (sulfide) groups is 3. The van der Waals surface area contributed by atoms with Crippen molar-refractivity contribution in [2.24, 2.45) is 4.99 Å². The van der Waals surface area contributed by atoms with E-state index in [1.54, 1.807) is 12.5 Å². The van der Waals surface area contributed by atoms with Crippen molar-refractivity contribution in [3.63, 3.8) is 0 Å². The minimum absolute atomic E-state index is 0.00356. The summed E-state index contributed by atoms with van der Waals surface area (Å²) in [6.45, 7) is 3.53. The number of aliphatic imine (C=N–C) groups is 1. The van der Waals surface area contributed by atoms with Crippen LogP contribution in [0.3, 0.4) is 0 Å². The minimum atomic E-state index is -0.0301. The SMILES string of the molecule is C=CSC(=NC)NC(=O)CSC.CSCC(=O)Nc1nnc(C2CCCCC2)s1. The first-order valence-corrected chi connectivity index (χ1v) is 13.7. The lowest BCUT2D eigenvalue weighted by atomic mass is 9.90. The smallest absolute Gasteiger partial charge is 0.236 e. The first kappa shape index (κ1) is 26.0. The summed E-state index contributed by atoms with van der Waals surface area (Å²) >= 11 is 5.82. The number of carbonyl (C=O) groups excluding carboxylic acids is 2. The molecular weight excluding hydrogens is 446 g/mol. The van der Waals surface area contributed by atoms with Crippen LogP contribution < -0.4 is 10.6 Å². The van der Waals surface area contributed by atoms with Crippen LogP contribution in [0.1, 0.15) is 43.0 Å². The lowest BCUT2D eigenvalue weighted by molar-refractivity contribution is -0.117. The Bertz CT molecular complexity index is 675. The van der Waals surface area contributed by atoms with Gasteiger partial charge >= 0.3 is 0 Å². The number of hydrogen-bond acceptors (Lipinski definition) is 9. The van der Waals surface area contributed by atoms with Crippen LogP contribution in [0.25, 0.3) is 0 Å². The number of nitrogens with one attached hydrogen (secondary N) is 2. The van der Waals surface area contributed by atoms with Gasteiger partial charge in [0.05, 0.1) is 11.5 Å². The van der Waals surface area contributed by atoms with Crippen molar-refractivity contribution < 1.29 is 9.59 Å². The lowest BCUT2D eigenvalue weighted by Crippen LogP contribution is -2.29. The van der Waals surface area contributed by atoms with Gasteiger partial charge in [-0.05, 0) is 30.8 Å². The Morgan fingerprint density at radius 2 is 1.83 bits per heavy atom. The molecule has 162 valence electrons. The van der Waals surface area contributed by atoms with Gasteiger partial charge in [0.2, 0.25) is 16.9 Å². The van der Waals surface area contributed by atoms with E-state index in [-0.39, 0.29) is 11.8 Å². The zero-order valence-corrected chi connectivity index (χ0v) is 20.4. The van der Waals surface area contributed by atoms with Crippen molar-refractivity contribution in [1.29, 1.82) is 0 Å². The Morgan fingerprint density at radius 3 is 2.41 bits per heavy atom. The Balaban J connectivity index is 0.000000311. The molecule has 2 amide bonds. The van der Waals surface area contributed by atoms with Gasteiger partial charge < -0.3 is 5.32 Å². The van der Waals surface area contributed by atoms with Crippen LogP contribution in [-0.4, -0.2) is 58.2 Å². The van der Waals surface area contributed by atoms with Crippen molar-refractivity contribution in [3.05, 3.63) is 17.0 Å². The third-order valence-corrected chi connectivity index (χ3v) is 6.61. The van der Waals surface area contributed by atoms with Crippen molar-refractivity contribution >= 4 is 68.7 Å². The normalized spacial score (nSPS) is 14.5. The second-order valence-electron chi connectivity index (χ2n) is 6.06. The summed E-state index contributed by atoms with van der Waals surface area (Å²) in [7, 11) is 1.63. The van der Waals surface area contributed by atoms with Crippen molar-refractivity contribution in [1.82, 2.24) is 15.5 Å². The molecular formula is C18H29N5O2S4. The van der Waals surface area contributed by atoms with Crippen LogP contribution in [0.2, 0.25) is 0 Å². The summed E-state index contributed by atoms with van der Waals surface area (Å²) in [5.41, 5.74) is 0. The average Bonchev–Trinajstić information content (AvgIpc) is 3.17. The number of amidine groups is 1. The zero-order chi connectivity index (χ0) is 21.5. The fourth-order valence-electron chi connectivity index (χ4n) is 2.59. The van der Waals surface area contributed by atoms with E-state index in [4.69, 9.17) is 0 Å². The van der Waals surface area contributed by atoms with Crippen molar-refractivity contribution in [3.8, 4) is 0 Å². The molecule has 1 aliphatic carbocycles. The number of aromatic nitrogens is 2. The molecule has 2 rings (SSSR count). The summed E-state index contributed by atoms with van der Waals surface area (Å²) in [4.78, 5) is 26.3. The summed E-state index contributed by atoms with van der Waals surface area (Å²) in [5, 5.41) is 17.6. The summed E-state index contributed by atoms with van der Waals surface area (Å²) in [5.74, 6) is 1.46. The van der Waals surface area contributed by atoms with E-state index in [2.05, 4.69) is 32.4 Å². The largest absolute Gasteiger partial charge is 0.304 e. The lowest BCUT2D eigenvalue weighted by Gasteiger charge is -2.18. The van der Waals surface area contributed by atoms with Crippen LogP contribution >= 0.6 is 46.6 Å². The van der Waals surface area contributed by atoms with Crippen molar-refractivity contribution in [2.75, 3.05) is 36.4 Å². The molecule has 0 aromatic carbocycles. The molecule has 0 saturated heterocycles. The highest BCUT2D eigenvalue weighted by molar-refractivity contribution is 8.16. The number of carbonyl (C=O) groups is 2. The van der Waals surface area contributed by atoms with Gasteiger partial charge in [-0.2, -0.15) is 23.5 Å². The molecule has 1 heterocycles. The molecule has 2 N–H and O–H groups in total. The van der Waals surface area contributed by atoms with E-state index >= 15 is 0 Å². The first-order chi connectivity index (χ1) is 14.0. The van der Waals surface area contributed by atoms with Crippen LogP contribution in [-0.2, 0) is 9.59 Å². The maximum absolute atomic E-state index is 11.4. The summed E-state index contributed by atoms with van der Waals surface area (Å²) < 4.78 is 0. The van der Waals surface area contributed by atoms with Crippen molar-refractivity contribution in [2.45, 2.75) is 38.0 Å². The van der Waals surface area contributed by atoms with E-state index < -0.39 is 0 Å². The fourth-order valence-corrected chi connectivity index (χ4v) is 4.62. The Labute approximate surface area is 189 Å². The summed E-state index contributed by atoms with van der Waals surface area (Å²) in [6.07, 6.45) is 10.1. The van der Waals surface area contributed by atoms with Crippen LogP contribution in [0.4, 0.5) is 5.13 Å². The number of hydrogen-bond donors (Lipinski definition) is 2. The molecule has 7 nitrogen and oxygen atoms in total. The predicted molar refractivity (Wildman–Crippen MR) is 130 cm³/mol. The van der Waals surface area contributed by atoms with Gasteiger partial charge in [0, 0.05) is 13.0 Å². The van der Waals surface area contributed by atoms with Gasteiger partial charge in [0.1, 0.15) is 5.01 Å². The Morgan fingerprint density at radius 1 is 1.17 bits per heavy atom. The third kappa shape index (κ3) is 11.1. The van der Waals surface area contributed by atoms with Gasteiger partial charge in [-0.1, -0.05) is 48.9 Å².